The zero-order valence-electron chi connectivity index (χ0n) is 18.5. The first kappa shape index (κ1) is 23.1. The van der Waals surface area contributed by atoms with Gasteiger partial charge >= 0.3 is 0 Å². The largest absolute Gasteiger partial charge is 0.326 e. The van der Waals surface area contributed by atoms with Crippen molar-refractivity contribution >= 4 is 46.9 Å². The molecule has 4 rings (SSSR count). The maximum absolute atomic E-state index is 12.7. The second-order valence-corrected chi connectivity index (χ2v) is 8.09. The molecule has 2 heterocycles. The van der Waals surface area contributed by atoms with E-state index in [2.05, 4.69) is 25.6 Å². The Morgan fingerprint density at radius 3 is 2.24 bits per heavy atom. The van der Waals surface area contributed by atoms with Gasteiger partial charge in [0.15, 0.2) is 0 Å². The van der Waals surface area contributed by atoms with E-state index in [0.29, 0.717) is 21.8 Å². The first-order valence-corrected chi connectivity index (χ1v) is 10.9. The van der Waals surface area contributed by atoms with Gasteiger partial charge in [0.1, 0.15) is 0 Å². The Kier molecular flexibility index (Phi) is 6.65. The lowest BCUT2D eigenvalue weighted by Gasteiger charge is -2.15. The van der Waals surface area contributed by atoms with Crippen molar-refractivity contribution in [2.45, 2.75) is 20.3 Å². The van der Waals surface area contributed by atoms with E-state index in [-0.39, 0.29) is 24.9 Å². The normalized spacial score (nSPS) is 13.1. The molecule has 3 aromatic rings. The number of benzene rings is 2. The Hall–Kier alpha value is -4.11. The van der Waals surface area contributed by atoms with Crippen LogP contribution in [0.5, 0.6) is 0 Å². The molecule has 9 nitrogen and oxygen atoms in total. The summed E-state index contributed by atoms with van der Waals surface area (Å²) in [6.45, 7) is 3.57. The summed E-state index contributed by atoms with van der Waals surface area (Å²) in [6.07, 6.45) is -0.116. The smallest absolute Gasteiger partial charge is 0.261 e. The van der Waals surface area contributed by atoms with E-state index in [1.54, 1.807) is 48.5 Å². The van der Waals surface area contributed by atoms with Gasteiger partial charge in [-0.1, -0.05) is 29.8 Å². The molecule has 0 fully saturated rings. The fraction of sp³-hybridized carbons (Fsp3) is 0.167. The van der Waals surface area contributed by atoms with E-state index in [1.807, 2.05) is 19.9 Å². The van der Waals surface area contributed by atoms with Crippen LogP contribution in [-0.4, -0.2) is 45.1 Å². The number of amides is 3. The second-order valence-electron chi connectivity index (χ2n) is 7.65. The molecule has 1 aromatic heterocycles. The summed E-state index contributed by atoms with van der Waals surface area (Å²) in [4.78, 5) is 51.8. The summed E-state index contributed by atoms with van der Waals surface area (Å²) in [7, 11) is 0. The highest BCUT2D eigenvalue weighted by Crippen LogP contribution is 2.22. The minimum absolute atomic E-state index is 0.0668. The highest BCUT2D eigenvalue weighted by molar-refractivity contribution is 6.31. The maximum atomic E-state index is 12.7. The molecule has 34 heavy (non-hydrogen) atoms. The Bertz CT molecular complexity index is 1270. The van der Waals surface area contributed by atoms with Crippen LogP contribution in [0.2, 0.25) is 5.02 Å². The molecule has 2 N–H and O–H groups in total. The number of aromatic nitrogens is 2. The van der Waals surface area contributed by atoms with Gasteiger partial charge in [0.05, 0.1) is 11.1 Å². The van der Waals surface area contributed by atoms with Crippen LogP contribution < -0.4 is 10.6 Å². The SMILES string of the molecule is Cc1cc(C)nc(/N=C(/NC(=O)CCN2C(=O)c3ccccc3C2=O)Nc2cccc(Cl)c2)n1. The topological polar surface area (TPSA) is 117 Å². The van der Waals surface area contributed by atoms with Gasteiger partial charge in [-0.3, -0.25) is 24.6 Å². The third kappa shape index (κ3) is 5.26. The molecule has 1 aliphatic rings. The molecule has 3 amide bonds. The molecule has 172 valence electrons. The molecule has 2 aromatic carbocycles. The van der Waals surface area contributed by atoms with Crippen LogP contribution in [0.3, 0.4) is 0 Å². The predicted molar refractivity (Wildman–Crippen MR) is 128 cm³/mol. The van der Waals surface area contributed by atoms with Crippen LogP contribution in [0.25, 0.3) is 0 Å². The van der Waals surface area contributed by atoms with Crippen molar-refractivity contribution in [3.05, 3.63) is 82.1 Å². The van der Waals surface area contributed by atoms with Gasteiger partial charge in [0, 0.05) is 35.1 Å². The molecule has 0 saturated carbocycles. The number of carbonyl (C=O) groups excluding carboxylic acids is 3. The van der Waals surface area contributed by atoms with Crippen LogP contribution in [0.1, 0.15) is 38.5 Å². The van der Waals surface area contributed by atoms with Crippen LogP contribution in [0, 0.1) is 13.8 Å². The highest BCUT2D eigenvalue weighted by atomic mass is 35.5. The number of guanidine groups is 1. The molecule has 0 atom stereocenters. The van der Waals surface area contributed by atoms with Crippen molar-refractivity contribution in [1.29, 1.82) is 0 Å². The van der Waals surface area contributed by atoms with Crippen LogP contribution in [0.4, 0.5) is 11.6 Å². The van der Waals surface area contributed by atoms with Gasteiger partial charge in [-0.2, -0.15) is 4.99 Å². The first-order valence-electron chi connectivity index (χ1n) is 10.5. The standard InChI is InChI=1S/C24H21ClN6O3/c1-14-12-15(2)27-23(26-14)30-24(28-17-7-5-6-16(25)13-17)29-20(32)10-11-31-21(33)18-8-3-4-9-19(18)22(31)34/h3-9,12-13H,10-11H2,1-2H3,(H2,26,27,28,29,30,32). The van der Waals surface area contributed by atoms with Crippen LogP contribution in [-0.2, 0) is 4.79 Å². The fourth-order valence-electron chi connectivity index (χ4n) is 3.50. The number of hydrogen-bond donors (Lipinski definition) is 2. The van der Waals surface area contributed by atoms with E-state index in [0.717, 1.165) is 16.3 Å². The van der Waals surface area contributed by atoms with Gasteiger partial charge in [-0.25, -0.2) is 9.97 Å². The lowest BCUT2D eigenvalue weighted by molar-refractivity contribution is -0.119. The van der Waals surface area contributed by atoms with E-state index in [4.69, 9.17) is 11.6 Å². The highest BCUT2D eigenvalue weighted by Gasteiger charge is 2.35. The molecular formula is C24H21ClN6O3. The Morgan fingerprint density at radius 2 is 1.62 bits per heavy atom. The monoisotopic (exact) mass is 476 g/mol. The van der Waals surface area contributed by atoms with Gasteiger partial charge in [-0.05, 0) is 50.2 Å². The van der Waals surface area contributed by atoms with Crippen molar-refractivity contribution in [1.82, 2.24) is 20.2 Å². The Labute approximate surface area is 200 Å². The quantitative estimate of drug-likeness (QED) is 0.330. The number of imide groups is 1. The van der Waals surface area contributed by atoms with Crippen LogP contribution in [0.15, 0.2) is 59.6 Å². The lowest BCUT2D eigenvalue weighted by Crippen LogP contribution is -2.39. The number of nitrogens with zero attached hydrogens (tertiary/aromatic N) is 4. The zero-order valence-corrected chi connectivity index (χ0v) is 19.3. The number of fused-ring (bicyclic) bond motifs is 1. The second kappa shape index (κ2) is 9.80. The summed E-state index contributed by atoms with van der Waals surface area (Å²) in [5.41, 5.74) is 2.72. The van der Waals surface area contributed by atoms with Crippen molar-refractivity contribution in [2.24, 2.45) is 4.99 Å². The number of halogens is 1. The number of aryl methyl sites for hydroxylation is 2. The number of aliphatic imine (C=N–C) groups is 1. The minimum atomic E-state index is -0.450. The van der Waals surface area contributed by atoms with Gasteiger partial charge in [0.2, 0.25) is 11.9 Å². The van der Waals surface area contributed by atoms with Crippen molar-refractivity contribution in [2.75, 3.05) is 11.9 Å². The Balaban J connectivity index is 1.49. The number of nitrogens with one attached hydrogen (secondary N) is 2. The van der Waals surface area contributed by atoms with E-state index in [9.17, 15) is 14.4 Å². The summed E-state index contributed by atoms with van der Waals surface area (Å²) in [5, 5.41) is 6.18. The van der Waals surface area contributed by atoms with Gasteiger partial charge < -0.3 is 5.32 Å². The van der Waals surface area contributed by atoms with Gasteiger partial charge in [-0.15, -0.1) is 0 Å². The number of carbonyl (C=O) groups is 3. The Morgan fingerprint density at radius 1 is 0.971 bits per heavy atom. The summed E-state index contributed by atoms with van der Waals surface area (Å²) >= 11 is 6.06. The average molecular weight is 477 g/mol. The van der Waals surface area contributed by atoms with E-state index in [1.165, 1.54) is 0 Å². The molecule has 0 aliphatic carbocycles. The summed E-state index contributed by atoms with van der Waals surface area (Å²) in [5.74, 6) is -1.03. The van der Waals surface area contributed by atoms with Gasteiger partial charge in [0.25, 0.3) is 17.8 Å². The third-order valence-electron chi connectivity index (χ3n) is 4.97. The zero-order chi connectivity index (χ0) is 24.2. The number of rotatable bonds is 5. The molecule has 0 spiro atoms. The van der Waals surface area contributed by atoms with Crippen molar-refractivity contribution in [3.8, 4) is 0 Å². The first-order chi connectivity index (χ1) is 16.3. The summed E-state index contributed by atoms with van der Waals surface area (Å²) in [6, 6.07) is 15.3. The predicted octanol–water partition coefficient (Wildman–Crippen LogP) is 3.65. The van der Waals surface area contributed by atoms with E-state index >= 15 is 0 Å². The van der Waals surface area contributed by atoms with Crippen molar-refractivity contribution in [3.63, 3.8) is 0 Å². The maximum Gasteiger partial charge on any atom is 0.261 e. The molecule has 0 radical (unpaired) electrons. The summed E-state index contributed by atoms with van der Waals surface area (Å²) < 4.78 is 0. The third-order valence-corrected chi connectivity index (χ3v) is 5.20. The van der Waals surface area contributed by atoms with Crippen LogP contribution >= 0.6 is 11.6 Å². The molecular weight excluding hydrogens is 456 g/mol. The van der Waals surface area contributed by atoms with E-state index < -0.39 is 17.7 Å². The average Bonchev–Trinajstić information content (AvgIpc) is 3.01. The number of anilines is 1. The molecule has 0 bridgehead atoms. The molecule has 1 aliphatic heterocycles. The lowest BCUT2D eigenvalue weighted by atomic mass is 10.1. The molecule has 0 unspecified atom stereocenters. The van der Waals surface area contributed by atoms with Crippen molar-refractivity contribution < 1.29 is 14.4 Å². The molecule has 10 heteroatoms. The minimum Gasteiger partial charge on any atom is -0.326 e. The fourth-order valence-corrected chi connectivity index (χ4v) is 3.69. The molecule has 0 saturated heterocycles. The number of hydrogen-bond acceptors (Lipinski definition) is 6.